The second-order valence-electron chi connectivity index (χ2n) is 1.72. The third-order valence-corrected chi connectivity index (χ3v) is 1.45. The Labute approximate surface area is 71.2 Å². The fraction of sp³-hybridized carbons (Fsp3) is 0.833. The van der Waals surface area contributed by atoms with Gasteiger partial charge in [-0.15, -0.1) is 0 Å². The Morgan fingerprint density at radius 1 is 1.64 bits per heavy atom. The predicted molar refractivity (Wildman–Crippen MR) is 46.5 cm³/mol. The topological polar surface area (TPSA) is 50.4 Å². The van der Waals surface area contributed by atoms with Gasteiger partial charge in [0, 0.05) is 25.1 Å². The van der Waals surface area contributed by atoms with Crippen LogP contribution in [0.15, 0.2) is 0 Å². The quantitative estimate of drug-likeness (QED) is 0.478. The van der Waals surface area contributed by atoms with Gasteiger partial charge in [-0.2, -0.15) is 0 Å². The van der Waals surface area contributed by atoms with Gasteiger partial charge in [0.05, 0.1) is 6.61 Å². The molecular formula is C6H14N2O2S. The Balaban J connectivity index is 3.04. The summed E-state index contributed by atoms with van der Waals surface area (Å²) in [6, 6.07) is 0. The van der Waals surface area contributed by atoms with Crippen molar-refractivity contribution >= 4 is 17.2 Å². The first-order chi connectivity index (χ1) is 5.31. The monoisotopic (exact) mass is 178 g/mol. The molecule has 2 N–H and O–H groups in total. The number of rotatable bonds is 5. The molecule has 0 aliphatic carbocycles. The van der Waals surface area contributed by atoms with E-state index in [2.05, 4.69) is 10.0 Å². The summed E-state index contributed by atoms with van der Waals surface area (Å²) in [4.78, 5) is 10.7. The maximum absolute atomic E-state index is 10.7. The van der Waals surface area contributed by atoms with E-state index in [1.54, 1.807) is 7.05 Å². The van der Waals surface area contributed by atoms with Gasteiger partial charge in [-0.1, -0.05) is 0 Å². The molecule has 0 saturated heterocycles. The van der Waals surface area contributed by atoms with Crippen molar-refractivity contribution in [3.63, 3.8) is 0 Å². The van der Waals surface area contributed by atoms with Gasteiger partial charge >= 0.3 is 0 Å². The molecule has 0 aromatic heterocycles. The zero-order chi connectivity index (χ0) is 8.53. The number of amides is 1. The predicted octanol–water partition coefficient (Wildman–Crippen LogP) is 0.600. The van der Waals surface area contributed by atoms with Crippen LogP contribution >= 0.6 is 11.9 Å². The van der Waals surface area contributed by atoms with Crippen molar-refractivity contribution in [2.75, 3.05) is 26.8 Å². The molecule has 0 unspecified atom stereocenters. The molecule has 0 aromatic carbocycles. The van der Waals surface area contributed by atoms with E-state index in [0.29, 0.717) is 19.8 Å². The Bertz CT molecular complexity index is 111. The molecule has 66 valence electrons. The summed E-state index contributed by atoms with van der Waals surface area (Å²) in [5.41, 5.74) is 0. The normalized spacial score (nSPS) is 9.64. The molecule has 0 saturated carbocycles. The molecule has 11 heavy (non-hydrogen) atoms. The molecule has 0 aliphatic heterocycles. The minimum atomic E-state index is -0.0767. The van der Waals surface area contributed by atoms with Crippen LogP contribution in [0.1, 0.15) is 6.92 Å². The Morgan fingerprint density at radius 2 is 2.36 bits per heavy atom. The van der Waals surface area contributed by atoms with Crippen LogP contribution in [0.2, 0.25) is 0 Å². The summed E-state index contributed by atoms with van der Waals surface area (Å²) in [5.74, 6) is 0. The average molecular weight is 178 g/mol. The highest BCUT2D eigenvalue weighted by Crippen LogP contribution is 1.90. The van der Waals surface area contributed by atoms with Gasteiger partial charge in [-0.05, 0) is 14.0 Å². The second-order valence-corrected chi connectivity index (χ2v) is 2.70. The largest absolute Gasteiger partial charge is 0.380 e. The Morgan fingerprint density at radius 3 is 2.91 bits per heavy atom. The van der Waals surface area contributed by atoms with E-state index >= 15 is 0 Å². The van der Waals surface area contributed by atoms with E-state index < -0.39 is 0 Å². The van der Waals surface area contributed by atoms with Crippen LogP contribution in [-0.4, -0.2) is 32.0 Å². The lowest BCUT2D eigenvalue weighted by Crippen LogP contribution is -2.25. The van der Waals surface area contributed by atoms with Gasteiger partial charge in [0.2, 0.25) is 0 Å². The first-order valence-corrected chi connectivity index (χ1v) is 4.32. The van der Waals surface area contributed by atoms with E-state index in [1.165, 1.54) is 0 Å². The minimum absolute atomic E-state index is 0.0767. The van der Waals surface area contributed by atoms with E-state index in [0.717, 1.165) is 11.9 Å². The molecule has 1 amide bonds. The molecule has 0 rings (SSSR count). The van der Waals surface area contributed by atoms with Crippen molar-refractivity contribution in [3.8, 4) is 0 Å². The fourth-order valence-corrected chi connectivity index (χ4v) is 0.858. The highest BCUT2D eigenvalue weighted by atomic mass is 32.2. The first-order valence-electron chi connectivity index (χ1n) is 3.50. The Kier molecular flexibility index (Phi) is 7.66. The van der Waals surface area contributed by atoms with E-state index in [9.17, 15) is 4.79 Å². The maximum atomic E-state index is 10.7. The van der Waals surface area contributed by atoms with Crippen molar-refractivity contribution in [1.29, 1.82) is 0 Å². The van der Waals surface area contributed by atoms with Gasteiger partial charge in [0.25, 0.3) is 5.24 Å². The molecular weight excluding hydrogens is 164 g/mol. The number of hydrogen-bond acceptors (Lipinski definition) is 4. The maximum Gasteiger partial charge on any atom is 0.294 e. The van der Waals surface area contributed by atoms with Crippen molar-refractivity contribution in [1.82, 2.24) is 10.0 Å². The number of carbonyl (C=O) groups excluding carboxylic acids is 1. The lowest BCUT2D eigenvalue weighted by atomic mass is 10.7. The van der Waals surface area contributed by atoms with Crippen LogP contribution in [-0.2, 0) is 4.74 Å². The van der Waals surface area contributed by atoms with Gasteiger partial charge in [0.15, 0.2) is 0 Å². The van der Waals surface area contributed by atoms with Crippen LogP contribution in [0, 0.1) is 0 Å². The standard InChI is InChI=1S/C6H14N2O2S/c1-3-10-5-4-8-6(9)11-7-2/h7H,3-5H2,1-2H3,(H,8,9). The van der Waals surface area contributed by atoms with Crippen LogP contribution in [0.5, 0.6) is 0 Å². The van der Waals surface area contributed by atoms with Gasteiger partial charge < -0.3 is 10.1 Å². The van der Waals surface area contributed by atoms with Crippen molar-refractivity contribution in [2.24, 2.45) is 0 Å². The fourth-order valence-electron chi connectivity index (χ4n) is 0.498. The molecule has 0 spiro atoms. The van der Waals surface area contributed by atoms with Gasteiger partial charge in [-0.3, -0.25) is 9.52 Å². The van der Waals surface area contributed by atoms with Crippen LogP contribution in [0.3, 0.4) is 0 Å². The summed E-state index contributed by atoms with van der Waals surface area (Å²) in [5, 5.41) is 2.58. The number of hydrogen-bond donors (Lipinski definition) is 2. The molecule has 0 aromatic rings. The van der Waals surface area contributed by atoms with E-state index in [4.69, 9.17) is 4.74 Å². The third-order valence-electron chi connectivity index (χ3n) is 0.915. The summed E-state index contributed by atoms with van der Waals surface area (Å²) in [6.45, 7) is 3.76. The molecule has 0 bridgehead atoms. The smallest absolute Gasteiger partial charge is 0.294 e. The molecule has 5 heteroatoms. The molecule has 0 aliphatic rings. The van der Waals surface area contributed by atoms with Crippen LogP contribution in [0.4, 0.5) is 4.79 Å². The Hall–Kier alpha value is -0.260. The average Bonchev–Trinajstić information content (AvgIpc) is 1.99. The summed E-state index contributed by atoms with van der Waals surface area (Å²) >= 11 is 1.03. The van der Waals surface area contributed by atoms with Gasteiger partial charge in [-0.25, -0.2) is 0 Å². The number of ether oxygens (including phenoxy) is 1. The minimum Gasteiger partial charge on any atom is -0.380 e. The number of carbonyl (C=O) groups is 1. The SMILES string of the molecule is CCOCCNC(=O)SNC. The molecule has 4 nitrogen and oxygen atoms in total. The van der Waals surface area contributed by atoms with Crippen LogP contribution < -0.4 is 10.0 Å². The third kappa shape index (κ3) is 7.64. The highest BCUT2D eigenvalue weighted by molar-refractivity contribution is 8.11. The highest BCUT2D eigenvalue weighted by Gasteiger charge is 1.96. The van der Waals surface area contributed by atoms with E-state index in [1.807, 2.05) is 6.92 Å². The zero-order valence-electron chi connectivity index (χ0n) is 6.85. The second kappa shape index (κ2) is 7.84. The summed E-state index contributed by atoms with van der Waals surface area (Å²) in [7, 11) is 1.70. The van der Waals surface area contributed by atoms with Crippen molar-refractivity contribution in [2.45, 2.75) is 6.92 Å². The molecule has 0 radical (unpaired) electrons. The summed E-state index contributed by atoms with van der Waals surface area (Å²) < 4.78 is 7.69. The van der Waals surface area contributed by atoms with E-state index in [-0.39, 0.29) is 5.24 Å². The van der Waals surface area contributed by atoms with Crippen molar-refractivity contribution in [3.05, 3.63) is 0 Å². The van der Waals surface area contributed by atoms with Crippen molar-refractivity contribution < 1.29 is 9.53 Å². The first kappa shape index (κ1) is 10.7. The molecule has 0 fully saturated rings. The molecule has 0 atom stereocenters. The summed E-state index contributed by atoms with van der Waals surface area (Å²) in [6.07, 6.45) is 0. The zero-order valence-corrected chi connectivity index (χ0v) is 7.66. The lowest BCUT2D eigenvalue weighted by molar-refractivity contribution is 0.151. The molecule has 0 heterocycles. The number of nitrogens with one attached hydrogen (secondary N) is 2. The van der Waals surface area contributed by atoms with Gasteiger partial charge in [0.1, 0.15) is 0 Å². The lowest BCUT2D eigenvalue weighted by Gasteiger charge is -2.02. The van der Waals surface area contributed by atoms with Crippen LogP contribution in [0.25, 0.3) is 0 Å².